The quantitative estimate of drug-likeness (QED) is 0.808. The molecular formula is C19H24N2O4. The van der Waals surface area contributed by atoms with Crippen LogP contribution in [-0.4, -0.2) is 25.7 Å². The molecule has 0 spiro atoms. The highest BCUT2D eigenvalue weighted by Gasteiger charge is 2.13. The molecule has 6 nitrogen and oxygen atoms in total. The van der Waals surface area contributed by atoms with Crippen LogP contribution in [-0.2, 0) is 11.3 Å². The highest BCUT2D eigenvalue weighted by atomic mass is 16.5. The summed E-state index contributed by atoms with van der Waals surface area (Å²) in [6.45, 7) is 4.45. The third-order valence-electron chi connectivity index (χ3n) is 4.11. The lowest BCUT2D eigenvalue weighted by molar-refractivity contribution is -0.121. The van der Waals surface area contributed by atoms with Gasteiger partial charge < -0.3 is 24.5 Å². The fourth-order valence-electron chi connectivity index (χ4n) is 2.66. The summed E-state index contributed by atoms with van der Waals surface area (Å²) in [5.41, 5.74) is 1.11. The number of benzene rings is 1. The van der Waals surface area contributed by atoms with Gasteiger partial charge in [0.2, 0.25) is 5.91 Å². The highest BCUT2D eigenvalue weighted by molar-refractivity contribution is 5.75. The third kappa shape index (κ3) is 5.00. The molecule has 0 radical (unpaired) electrons. The number of carbonyl (C=O) groups excluding carboxylic acids is 1. The Hall–Kier alpha value is -2.47. The number of hydrogen-bond donors (Lipinski definition) is 2. The number of nitrogens with one attached hydrogen (secondary N) is 2. The van der Waals surface area contributed by atoms with Gasteiger partial charge in [-0.2, -0.15) is 0 Å². The van der Waals surface area contributed by atoms with E-state index in [4.69, 9.17) is 13.9 Å². The van der Waals surface area contributed by atoms with E-state index in [1.807, 2.05) is 24.3 Å². The zero-order chi connectivity index (χ0) is 17.5. The Bertz CT molecular complexity index is 685. The number of amides is 1. The Morgan fingerprint density at radius 1 is 1.20 bits per heavy atom. The molecule has 1 aliphatic rings. The summed E-state index contributed by atoms with van der Waals surface area (Å²) in [5.74, 6) is 2.34. The predicted octanol–water partition coefficient (Wildman–Crippen LogP) is 2.80. The maximum atomic E-state index is 11.9. The minimum atomic E-state index is -0.00485. The first-order valence-electron chi connectivity index (χ1n) is 8.64. The zero-order valence-electron chi connectivity index (χ0n) is 14.4. The summed E-state index contributed by atoms with van der Waals surface area (Å²) >= 11 is 0. The average Bonchev–Trinajstić information content (AvgIpc) is 3.03. The van der Waals surface area contributed by atoms with E-state index in [2.05, 4.69) is 17.6 Å². The van der Waals surface area contributed by atoms with Crippen LogP contribution >= 0.6 is 0 Å². The van der Waals surface area contributed by atoms with Crippen LogP contribution in [0.3, 0.4) is 0 Å². The molecule has 6 heteroatoms. The molecule has 0 saturated carbocycles. The minimum absolute atomic E-state index is 0.00485. The second kappa shape index (κ2) is 8.58. The smallest absolute Gasteiger partial charge is 0.221 e. The monoisotopic (exact) mass is 344 g/mol. The van der Waals surface area contributed by atoms with Crippen molar-refractivity contribution in [1.82, 2.24) is 10.6 Å². The van der Waals surface area contributed by atoms with E-state index in [-0.39, 0.29) is 11.9 Å². The summed E-state index contributed by atoms with van der Waals surface area (Å²) in [6, 6.07) is 9.75. The standard InChI is InChI=1S/C19H24N2O4/c1-14(15-5-6-17-18(12-15)25-11-3-10-24-17)20-8-7-19(22)21-13-16-4-2-9-23-16/h2,4-6,9,12,14,20H,3,7-8,10-11,13H2,1H3,(H,21,22)/t14-/m1/s1. The van der Waals surface area contributed by atoms with Crippen LogP contribution < -0.4 is 20.1 Å². The van der Waals surface area contributed by atoms with Gasteiger partial charge >= 0.3 is 0 Å². The first-order chi connectivity index (χ1) is 12.2. The van der Waals surface area contributed by atoms with E-state index in [9.17, 15) is 4.79 Å². The number of fused-ring (bicyclic) bond motifs is 1. The fraction of sp³-hybridized carbons (Fsp3) is 0.421. The van der Waals surface area contributed by atoms with Crippen LogP contribution in [0.15, 0.2) is 41.0 Å². The van der Waals surface area contributed by atoms with Gasteiger partial charge in [-0.25, -0.2) is 0 Å². The molecule has 0 aliphatic carbocycles. The molecule has 0 saturated heterocycles. The number of furan rings is 1. The summed E-state index contributed by atoms with van der Waals surface area (Å²) in [7, 11) is 0. The van der Waals surface area contributed by atoms with E-state index in [1.165, 1.54) is 0 Å². The Kier molecular flexibility index (Phi) is 5.95. The molecule has 1 aromatic carbocycles. The molecule has 134 valence electrons. The van der Waals surface area contributed by atoms with Gasteiger partial charge in [-0.1, -0.05) is 6.07 Å². The number of rotatable bonds is 7. The normalized spacial score (nSPS) is 14.6. The Morgan fingerprint density at radius 3 is 2.84 bits per heavy atom. The highest BCUT2D eigenvalue weighted by Crippen LogP contribution is 2.32. The maximum absolute atomic E-state index is 11.9. The Balaban J connectivity index is 1.43. The molecule has 1 aliphatic heterocycles. The third-order valence-corrected chi connectivity index (χ3v) is 4.11. The lowest BCUT2D eigenvalue weighted by Gasteiger charge is -2.16. The Labute approximate surface area is 147 Å². The van der Waals surface area contributed by atoms with Gasteiger partial charge in [0.05, 0.1) is 26.0 Å². The largest absolute Gasteiger partial charge is 0.490 e. The molecular weight excluding hydrogens is 320 g/mol. The van der Waals surface area contributed by atoms with Crippen LogP contribution in [0.25, 0.3) is 0 Å². The van der Waals surface area contributed by atoms with E-state index in [1.54, 1.807) is 12.3 Å². The molecule has 0 fully saturated rings. The van der Waals surface area contributed by atoms with Gasteiger partial charge in [0.25, 0.3) is 0 Å². The van der Waals surface area contributed by atoms with Gasteiger partial charge in [0.15, 0.2) is 11.5 Å². The lowest BCUT2D eigenvalue weighted by Crippen LogP contribution is -2.28. The van der Waals surface area contributed by atoms with Crippen LogP contribution in [0.5, 0.6) is 11.5 Å². The van der Waals surface area contributed by atoms with Crippen LogP contribution in [0, 0.1) is 0 Å². The maximum Gasteiger partial charge on any atom is 0.221 e. The summed E-state index contributed by atoms with van der Waals surface area (Å²) in [6.07, 6.45) is 2.90. The summed E-state index contributed by atoms with van der Waals surface area (Å²) in [4.78, 5) is 11.9. The molecule has 2 N–H and O–H groups in total. The van der Waals surface area contributed by atoms with Gasteiger partial charge in [0, 0.05) is 25.4 Å². The van der Waals surface area contributed by atoms with Gasteiger partial charge in [-0.05, 0) is 36.8 Å². The predicted molar refractivity (Wildman–Crippen MR) is 93.6 cm³/mol. The number of ether oxygens (including phenoxy) is 2. The first kappa shape index (κ1) is 17.4. The van der Waals surface area contributed by atoms with E-state index >= 15 is 0 Å². The first-order valence-corrected chi connectivity index (χ1v) is 8.64. The van der Waals surface area contributed by atoms with Crippen LogP contribution in [0.4, 0.5) is 0 Å². The van der Waals surface area contributed by atoms with Crippen molar-refractivity contribution in [3.8, 4) is 11.5 Å². The van der Waals surface area contributed by atoms with Crippen molar-refractivity contribution < 1.29 is 18.7 Å². The SMILES string of the molecule is C[C@@H](NCCC(=O)NCc1ccco1)c1ccc2c(c1)OCCCO2. The van der Waals surface area contributed by atoms with Gasteiger partial charge in [-0.15, -0.1) is 0 Å². The molecule has 2 aromatic rings. The van der Waals surface area contributed by atoms with Crippen molar-refractivity contribution in [3.63, 3.8) is 0 Å². The van der Waals surface area contributed by atoms with E-state index in [0.717, 1.165) is 29.2 Å². The molecule has 1 aromatic heterocycles. The minimum Gasteiger partial charge on any atom is -0.490 e. The topological polar surface area (TPSA) is 72.7 Å². The van der Waals surface area contributed by atoms with Crippen LogP contribution in [0.1, 0.15) is 37.1 Å². The molecule has 1 amide bonds. The van der Waals surface area contributed by atoms with Crippen LogP contribution in [0.2, 0.25) is 0 Å². The summed E-state index contributed by atoms with van der Waals surface area (Å²) < 4.78 is 16.6. The van der Waals surface area contributed by atoms with Crippen molar-refractivity contribution in [1.29, 1.82) is 0 Å². The van der Waals surface area contributed by atoms with Gasteiger partial charge in [0.1, 0.15) is 5.76 Å². The lowest BCUT2D eigenvalue weighted by atomic mass is 10.1. The molecule has 0 unspecified atom stereocenters. The zero-order valence-corrected chi connectivity index (χ0v) is 14.4. The second-order valence-electron chi connectivity index (χ2n) is 6.04. The Morgan fingerprint density at radius 2 is 2.04 bits per heavy atom. The molecule has 1 atom stereocenters. The molecule has 3 rings (SSSR count). The molecule has 0 bridgehead atoms. The van der Waals surface area contributed by atoms with Crippen molar-refractivity contribution in [3.05, 3.63) is 47.9 Å². The van der Waals surface area contributed by atoms with Gasteiger partial charge in [-0.3, -0.25) is 4.79 Å². The molecule has 2 heterocycles. The van der Waals surface area contributed by atoms with E-state index in [0.29, 0.717) is 32.7 Å². The summed E-state index contributed by atoms with van der Waals surface area (Å²) in [5, 5.41) is 6.20. The molecule has 25 heavy (non-hydrogen) atoms. The average molecular weight is 344 g/mol. The second-order valence-corrected chi connectivity index (χ2v) is 6.04. The van der Waals surface area contributed by atoms with E-state index < -0.39 is 0 Å². The number of carbonyl (C=O) groups is 1. The van der Waals surface area contributed by atoms with Crippen molar-refractivity contribution in [2.45, 2.75) is 32.4 Å². The van der Waals surface area contributed by atoms with Crippen molar-refractivity contribution in [2.75, 3.05) is 19.8 Å². The van der Waals surface area contributed by atoms with Crippen molar-refractivity contribution in [2.24, 2.45) is 0 Å². The van der Waals surface area contributed by atoms with Crippen molar-refractivity contribution >= 4 is 5.91 Å². The number of hydrogen-bond acceptors (Lipinski definition) is 5. The fourth-order valence-corrected chi connectivity index (χ4v) is 2.66.